The highest BCUT2D eigenvalue weighted by Crippen LogP contribution is 2.18. The van der Waals surface area contributed by atoms with Crippen molar-refractivity contribution in [3.8, 4) is 0 Å². The Hall–Kier alpha value is -1.84. The van der Waals surface area contributed by atoms with Gasteiger partial charge >= 0.3 is 5.97 Å². The lowest BCUT2D eigenvalue weighted by atomic mass is 10.1. The first kappa shape index (κ1) is 13.2. The second-order valence-corrected chi connectivity index (χ2v) is 4.13. The maximum Gasteiger partial charge on any atom is 0.335 e. The quantitative estimate of drug-likeness (QED) is 0.843. The van der Waals surface area contributed by atoms with E-state index in [2.05, 4.69) is 5.32 Å². The number of aromatic carboxylic acids is 1. The highest BCUT2D eigenvalue weighted by Gasteiger charge is 2.13. The molecule has 0 aliphatic rings. The second-order valence-electron chi connectivity index (χ2n) is 4.13. The van der Waals surface area contributed by atoms with Gasteiger partial charge in [0.05, 0.1) is 5.56 Å². The number of carbonyl (C=O) groups excluding carboxylic acids is 1. The Kier molecular flexibility index (Phi) is 4.26. The van der Waals surface area contributed by atoms with Crippen LogP contribution in [0.15, 0.2) is 18.2 Å². The largest absolute Gasteiger partial charge is 0.478 e. The third-order valence-electron chi connectivity index (χ3n) is 2.80. The van der Waals surface area contributed by atoms with Crippen molar-refractivity contribution in [2.45, 2.75) is 27.2 Å². The van der Waals surface area contributed by atoms with E-state index in [0.717, 1.165) is 12.0 Å². The standard InChI is InChI=1S/C13H17NO3/c1-4-8(2)12(15)14-11-7-10(13(16)17)6-5-9(11)3/h5-8H,4H2,1-3H3,(H,14,15)(H,16,17)/t8-/m0/s1. The summed E-state index contributed by atoms with van der Waals surface area (Å²) >= 11 is 0. The summed E-state index contributed by atoms with van der Waals surface area (Å²) < 4.78 is 0. The summed E-state index contributed by atoms with van der Waals surface area (Å²) in [4.78, 5) is 22.5. The van der Waals surface area contributed by atoms with Gasteiger partial charge in [0.15, 0.2) is 0 Å². The predicted octanol–water partition coefficient (Wildman–Crippen LogP) is 2.68. The molecule has 1 aromatic rings. The third kappa shape index (κ3) is 3.31. The van der Waals surface area contributed by atoms with Crippen LogP contribution >= 0.6 is 0 Å². The van der Waals surface area contributed by atoms with Crippen molar-refractivity contribution in [3.05, 3.63) is 29.3 Å². The van der Waals surface area contributed by atoms with Gasteiger partial charge in [-0.25, -0.2) is 4.79 Å². The molecule has 0 radical (unpaired) electrons. The fourth-order valence-corrected chi connectivity index (χ4v) is 1.33. The number of carboxylic acids is 1. The molecule has 92 valence electrons. The summed E-state index contributed by atoms with van der Waals surface area (Å²) in [5.74, 6) is -1.16. The Bertz CT molecular complexity index is 440. The lowest BCUT2D eigenvalue weighted by molar-refractivity contribution is -0.119. The summed E-state index contributed by atoms with van der Waals surface area (Å²) in [6.07, 6.45) is 0.753. The fourth-order valence-electron chi connectivity index (χ4n) is 1.33. The van der Waals surface area contributed by atoms with E-state index in [1.807, 2.05) is 20.8 Å². The van der Waals surface area contributed by atoms with E-state index in [1.54, 1.807) is 6.07 Å². The van der Waals surface area contributed by atoms with Crippen LogP contribution in [0.1, 0.15) is 36.2 Å². The van der Waals surface area contributed by atoms with E-state index in [0.29, 0.717) is 5.69 Å². The molecule has 1 aromatic carbocycles. The first-order valence-corrected chi connectivity index (χ1v) is 5.60. The number of carboxylic acid groups (broad SMARTS) is 1. The molecule has 4 heteroatoms. The van der Waals surface area contributed by atoms with E-state index in [1.165, 1.54) is 12.1 Å². The van der Waals surface area contributed by atoms with Gasteiger partial charge in [-0.15, -0.1) is 0 Å². The zero-order valence-electron chi connectivity index (χ0n) is 10.3. The minimum Gasteiger partial charge on any atom is -0.478 e. The fraction of sp³-hybridized carbons (Fsp3) is 0.385. The van der Waals surface area contributed by atoms with E-state index >= 15 is 0 Å². The van der Waals surface area contributed by atoms with Crippen molar-refractivity contribution >= 4 is 17.6 Å². The zero-order valence-corrected chi connectivity index (χ0v) is 10.3. The summed E-state index contributed by atoms with van der Waals surface area (Å²) in [5.41, 5.74) is 1.59. The highest BCUT2D eigenvalue weighted by molar-refractivity contribution is 5.95. The van der Waals surface area contributed by atoms with Crippen LogP contribution in [0.3, 0.4) is 0 Å². The lowest BCUT2D eigenvalue weighted by Gasteiger charge is -2.12. The van der Waals surface area contributed by atoms with Crippen LogP contribution in [-0.4, -0.2) is 17.0 Å². The lowest BCUT2D eigenvalue weighted by Crippen LogP contribution is -2.20. The Morgan fingerprint density at radius 2 is 2.06 bits per heavy atom. The van der Waals surface area contributed by atoms with Crippen LogP contribution in [0.5, 0.6) is 0 Å². The minimum atomic E-state index is -0.996. The number of aryl methyl sites for hydroxylation is 1. The average Bonchev–Trinajstić information content (AvgIpc) is 2.30. The maximum atomic E-state index is 11.7. The molecule has 17 heavy (non-hydrogen) atoms. The third-order valence-corrected chi connectivity index (χ3v) is 2.80. The molecule has 1 atom stereocenters. The van der Waals surface area contributed by atoms with E-state index in [-0.39, 0.29) is 17.4 Å². The Morgan fingerprint density at radius 1 is 1.41 bits per heavy atom. The molecule has 0 unspecified atom stereocenters. The molecule has 0 bridgehead atoms. The van der Waals surface area contributed by atoms with E-state index in [9.17, 15) is 9.59 Å². The SMILES string of the molecule is CC[C@H](C)C(=O)Nc1cc(C(=O)O)ccc1C. The summed E-state index contributed by atoms with van der Waals surface area (Å²) in [6.45, 7) is 5.61. The summed E-state index contributed by atoms with van der Waals surface area (Å²) in [7, 11) is 0. The van der Waals surface area contributed by atoms with Gasteiger partial charge in [0.2, 0.25) is 5.91 Å². The predicted molar refractivity (Wildman–Crippen MR) is 66.2 cm³/mol. The Balaban J connectivity index is 2.94. The summed E-state index contributed by atoms with van der Waals surface area (Å²) in [6, 6.07) is 4.70. The highest BCUT2D eigenvalue weighted by atomic mass is 16.4. The van der Waals surface area contributed by atoms with Crippen molar-refractivity contribution in [2.75, 3.05) is 5.32 Å². The number of hydrogen-bond acceptors (Lipinski definition) is 2. The van der Waals surface area contributed by atoms with Gasteiger partial charge < -0.3 is 10.4 Å². The number of hydrogen-bond donors (Lipinski definition) is 2. The molecule has 0 spiro atoms. The average molecular weight is 235 g/mol. The molecule has 2 N–H and O–H groups in total. The molecule has 0 saturated carbocycles. The smallest absolute Gasteiger partial charge is 0.335 e. The van der Waals surface area contributed by atoms with Crippen molar-refractivity contribution in [2.24, 2.45) is 5.92 Å². The molecule has 0 aliphatic carbocycles. The van der Waals surface area contributed by atoms with Crippen LogP contribution in [0.2, 0.25) is 0 Å². The first-order valence-electron chi connectivity index (χ1n) is 5.60. The van der Waals surface area contributed by atoms with Gasteiger partial charge in [-0.1, -0.05) is 19.9 Å². The second kappa shape index (κ2) is 5.48. The molecule has 0 aliphatic heterocycles. The van der Waals surface area contributed by atoms with E-state index in [4.69, 9.17) is 5.11 Å². The molecule has 0 aromatic heterocycles. The number of rotatable bonds is 4. The number of benzene rings is 1. The monoisotopic (exact) mass is 235 g/mol. The van der Waals surface area contributed by atoms with Crippen LogP contribution < -0.4 is 5.32 Å². The van der Waals surface area contributed by atoms with Gasteiger partial charge in [0.1, 0.15) is 0 Å². The molecule has 0 saturated heterocycles. The van der Waals surface area contributed by atoms with Gasteiger partial charge in [0, 0.05) is 11.6 Å². The van der Waals surface area contributed by atoms with Gasteiger partial charge in [-0.05, 0) is 31.0 Å². The van der Waals surface area contributed by atoms with E-state index < -0.39 is 5.97 Å². The summed E-state index contributed by atoms with van der Waals surface area (Å²) in [5, 5.41) is 11.6. The van der Waals surface area contributed by atoms with Crippen molar-refractivity contribution < 1.29 is 14.7 Å². The first-order chi connectivity index (χ1) is 7.95. The molecule has 1 amide bonds. The van der Waals surface area contributed by atoms with Crippen LogP contribution in [0.4, 0.5) is 5.69 Å². The van der Waals surface area contributed by atoms with Crippen LogP contribution in [0.25, 0.3) is 0 Å². The van der Waals surface area contributed by atoms with Gasteiger partial charge in [-0.2, -0.15) is 0 Å². The van der Waals surface area contributed by atoms with Crippen LogP contribution in [-0.2, 0) is 4.79 Å². The molecule has 0 fully saturated rings. The van der Waals surface area contributed by atoms with Crippen molar-refractivity contribution in [1.82, 2.24) is 0 Å². The maximum absolute atomic E-state index is 11.7. The minimum absolute atomic E-state index is 0.0807. The Labute approximate surface area is 101 Å². The number of amides is 1. The number of carbonyl (C=O) groups is 2. The topological polar surface area (TPSA) is 66.4 Å². The molecule has 4 nitrogen and oxygen atoms in total. The zero-order chi connectivity index (χ0) is 13.0. The molecular formula is C13H17NO3. The number of anilines is 1. The number of nitrogens with one attached hydrogen (secondary N) is 1. The molecule has 0 heterocycles. The normalized spacial score (nSPS) is 11.9. The Morgan fingerprint density at radius 3 is 2.59 bits per heavy atom. The molecular weight excluding hydrogens is 218 g/mol. The van der Waals surface area contributed by atoms with Crippen molar-refractivity contribution in [3.63, 3.8) is 0 Å². The van der Waals surface area contributed by atoms with Gasteiger partial charge in [0.25, 0.3) is 0 Å². The van der Waals surface area contributed by atoms with Gasteiger partial charge in [-0.3, -0.25) is 4.79 Å². The van der Waals surface area contributed by atoms with Crippen LogP contribution in [0, 0.1) is 12.8 Å². The van der Waals surface area contributed by atoms with Crippen molar-refractivity contribution in [1.29, 1.82) is 0 Å². The molecule has 1 rings (SSSR count).